The molecule has 1 aliphatic carbocycles. The smallest absolute Gasteiger partial charge is 0.221 e. The fourth-order valence-electron chi connectivity index (χ4n) is 4.21. The standard InChI is InChI=1S/C19H38N4O.C2H6/c1-15-14-16(19(4,5)18(15,2)3)21-17(24)6-8-22-10-12-23(9-7-20)13-11-22;1-2/h15-16H,6-14,20H2,1-5H3,(H,21,24);1-2H3. The number of nitrogens with two attached hydrogens (primary N) is 1. The van der Waals surface area contributed by atoms with Gasteiger partial charge in [-0.25, -0.2) is 0 Å². The van der Waals surface area contributed by atoms with E-state index in [4.69, 9.17) is 5.73 Å². The molecule has 1 saturated heterocycles. The van der Waals surface area contributed by atoms with Crippen molar-refractivity contribution in [3.05, 3.63) is 0 Å². The third-order valence-electron chi connectivity index (χ3n) is 7.25. The summed E-state index contributed by atoms with van der Waals surface area (Å²) in [7, 11) is 0. The van der Waals surface area contributed by atoms with Crippen molar-refractivity contribution in [3.63, 3.8) is 0 Å². The minimum absolute atomic E-state index is 0.135. The highest BCUT2D eigenvalue weighted by atomic mass is 16.1. The molecule has 1 saturated carbocycles. The van der Waals surface area contributed by atoms with Crippen LogP contribution in [0, 0.1) is 16.7 Å². The van der Waals surface area contributed by atoms with E-state index >= 15 is 0 Å². The first-order valence-electron chi connectivity index (χ1n) is 10.6. The van der Waals surface area contributed by atoms with Gasteiger partial charge >= 0.3 is 0 Å². The number of carbonyl (C=O) groups excluding carboxylic acids is 1. The first kappa shape index (κ1) is 23.4. The summed E-state index contributed by atoms with van der Waals surface area (Å²) in [6, 6.07) is 0.288. The summed E-state index contributed by atoms with van der Waals surface area (Å²) >= 11 is 0. The van der Waals surface area contributed by atoms with E-state index in [2.05, 4.69) is 49.7 Å². The van der Waals surface area contributed by atoms with E-state index in [0.29, 0.717) is 12.3 Å². The molecule has 2 aliphatic rings. The highest BCUT2D eigenvalue weighted by Crippen LogP contribution is 2.55. The van der Waals surface area contributed by atoms with Crippen LogP contribution in [0.3, 0.4) is 0 Å². The highest BCUT2D eigenvalue weighted by molar-refractivity contribution is 5.76. The van der Waals surface area contributed by atoms with Crippen LogP contribution >= 0.6 is 0 Å². The van der Waals surface area contributed by atoms with E-state index < -0.39 is 0 Å². The quantitative estimate of drug-likeness (QED) is 0.756. The summed E-state index contributed by atoms with van der Waals surface area (Å²) < 4.78 is 0. The van der Waals surface area contributed by atoms with Crippen LogP contribution in [-0.2, 0) is 4.79 Å². The summed E-state index contributed by atoms with van der Waals surface area (Å²) in [6.07, 6.45) is 1.70. The first-order valence-corrected chi connectivity index (χ1v) is 10.6. The van der Waals surface area contributed by atoms with Crippen LogP contribution in [-0.4, -0.2) is 67.6 Å². The Morgan fingerprint density at radius 3 is 1.92 bits per heavy atom. The third-order valence-corrected chi connectivity index (χ3v) is 7.25. The summed E-state index contributed by atoms with van der Waals surface area (Å²) in [4.78, 5) is 17.3. The second-order valence-corrected chi connectivity index (χ2v) is 8.92. The van der Waals surface area contributed by atoms with Crippen LogP contribution in [0.2, 0.25) is 0 Å². The fourth-order valence-corrected chi connectivity index (χ4v) is 4.21. The monoisotopic (exact) mass is 368 g/mol. The Morgan fingerprint density at radius 1 is 1.00 bits per heavy atom. The van der Waals surface area contributed by atoms with Crippen molar-refractivity contribution >= 4 is 5.91 Å². The van der Waals surface area contributed by atoms with Crippen molar-refractivity contribution < 1.29 is 4.79 Å². The van der Waals surface area contributed by atoms with Crippen molar-refractivity contribution in [1.82, 2.24) is 15.1 Å². The first-order chi connectivity index (χ1) is 12.2. The summed E-state index contributed by atoms with van der Waals surface area (Å²) in [5, 5.41) is 3.33. The minimum Gasteiger partial charge on any atom is -0.353 e. The van der Waals surface area contributed by atoms with Gasteiger partial charge in [-0.1, -0.05) is 48.5 Å². The van der Waals surface area contributed by atoms with Gasteiger partial charge < -0.3 is 16.0 Å². The maximum absolute atomic E-state index is 12.4. The minimum atomic E-state index is 0.135. The normalized spacial score (nSPS) is 28.3. The van der Waals surface area contributed by atoms with Gasteiger partial charge in [0.1, 0.15) is 0 Å². The molecule has 2 fully saturated rings. The van der Waals surface area contributed by atoms with Gasteiger partial charge in [0.15, 0.2) is 0 Å². The maximum Gasteiger partial charge on any atom is 0.221 e. The largest absolute Gasteiger partial charge is 0.353 e. The van der Waals surface area contributed by atoms with E-state index in [1.165, 1.54) is 0 Å². The van der Waals surface area contributed by atoms with Gasteiger partial charge in [-0.3, -0.25) is 9.69 Å². The molecule has 154 valence electrons. The Labute approximate surface area is 162 Å². The number of hydrogen-bond acceptors (Lipinski definition) is 4. The predicted octanol–water partition coefficient (Wildman–Crippen LogP) is 2.56. The molecule has 2 atom stereocenters. The maximum atomic E-state index is 12.4. The van der Waals surface area contributed by atoms with E-state index in [9.17, 15) is 4.79 Å². The van der Waals surface area contributed by atoms with Gasteiger partial charge in [0.25, 0.3) is 0 Å². The van der Waals surface area contributed by atoms with Gasteiger partial charge in [0.05, 0.1) is 0 Å². The van der Waals surface area contributed by atoms with Crippen LogP contribution in [0.1, 0.15) is 61.3 Å². The fraction of sp³-hybridized carbons (Fsp3) is 0.952. The average molecular weight is 369 g/mol. The van der Waals surface area contributed by atoms with Crippen LogP contribution < -0.4 is 11.1 Å². The van der Waals surface area contributed by atoms with Gasteiger partial charge in [-0.2, -0.15) is 0 Å². The second-order valence-electron chi connectivity index (χ2n) is 8.92. The number of amides is 1. The summed E-state index contributed by atoms with van der Waals surface area (Å²) in [5.41, 5.74) is 6.00. The van der Waals surface area contributed by atoms with E-state index in [0.717, 1.165) is 52.2 Å². The molecule has 2 rings (SSSR count). The summed E-state index contributed by atoms with van der Waals surface area (Å²) in [6.45, 7) is 22.4. The Hall–Kier alpha value is -0.650. The molecule has 0 aromatic carbocycles. The lowest BCUT2D eigenvalue weighted by molar-refractivity contribution is -0.123. The highest BCUT2D eigenvalue weighted by Gasteiger charge is 2.53. The van der Waals surface area contributed by atoms with E-state index in [-0.39, 0.29) is 22.8 Å². The number of carbonyl (C=O) groups is 1. The zero-order chi connectivity index (χ0) is 20.0. The number of piperazine rings is 1. The average Bonchev–Trinajstić information content (AvgIpc) is 2.76. The Bertz CT molecular complexity index is 428. The lowest BCUT2D eigenvalue weighted by atomic mass is 9.66. The van der Waals surface area contributed by atoms with Gasteiger partial charge in [0, 0.05) is 58.3 Å². The summed E-state index contributed by atoms with van der Waals surface area (Å²) in [5.74, 6) is 0.843. The van der Waals surface area contributed by atoms with Gasteiger partial charge in [-0.15, -0.1) is 0 Å². The van der Waals surface area contributed by atoms with Crippen molar-refractivity contribution in [2.45, 2.75) is 67.3 Å². The molecule has 0 aromatic rings. The molecule has 0 radical (unpaired) electrons. The van der Waals surface area contributed by atoms with Crippen molar-refractivity contribution in [3.8, 4) is 0 Å². The van der Waals surface area contributed by atoms with Gasteiger partial charge in [0.2, 0.25) is 5.91 Å². The molecule has 3 N–H and O–H groups in total. The van der Waals surface area contributed by atoms with Crippen molar-refractivity contribution in [2.24, 2.45) is 22.5 Å². The molecule has 1 amide bonds. The number of nitrogens with zero attached hydrogens (tertiary/aromatic N) is 2. The topological polar surface area (TPSA) is 61.6 Å². The Morgan fingerprint density at radius 2 is 1.50 bits per heavy atom. The van der Waals surface area contributed by atoms with Gasteiger partial charge in [-0.05, 0) is 23.2 Å². The van der Waals surface area contributed by atoms with Crippen molar-refractivity contribution in [2.75, 3.05) is 45.8 Å². The molecule has 5 nitrogen and oxygen atoms in total. The predicted molar refractivity (Wildman–Crippen MR) is 111 cm³/mol. The Balaban J connectivity index is 0.00000163. The van der Waals surface area contributed by atoms with Crippen LogP contribution in [0.15, 0.2) is 0 Å². The molecular weight excluding hydrogens is 324 g/mol. The van der Waals surface area contributed by atoms with Crippen LogP contribution in [0.5, 0.6) is 0 Å². The second kappa shape index (κ2) is 10.0. The number of hydrogen-bond donors (Lipinski definition) is 2. The number of rotatable bonds is 6. The van der Waals surface area contributed by atoms with Crippen LogP contribution in [0.25, 0.3) is 0 Å². The third kappa shape index (κ3) is 5.43. The molecule has 0 spiro atoms. The molecule has 2 unspecified atom stereocenters. The van der Waals surface area contributed by atoms with E-state index in [1.54, 1.807) is 0 Å². The molecule has 26 heavy (non-hydrogen) atoms. The number of nitrogens with one attached hydrogen (secondary N) is 1. The zero-order valence-corrected chi connectivity index (χ0v) is 18.4. The SMILES string of the molecule is CC.CC1CC(NC(=O)CCN2CCN(CCN)CC2)C(C)(C)C1(C)C. The lowest BCUT2D eigenvalue weighted by Gasteiger charge is -2.41. The molecule has 0 bridgehead atoms. The molecule has 1 aliphatic heterocycles. The van der Waals surface area contributed by atoms with Crippen LogP contribution in [0.4, 0.5) is 0 Å². The molecule has 1 heterocycles. The van der Waals surface area contributed by atoms with E-state index in [1.807, 2.05) is 13.8 Å². The molecule has 0 aromatic heterocycles. The van der Waals surface area contributed by atoms with Crippen molar-refractivity contribution in [1.29, 1.82) is 0 Å². The Kier molecular flexibility index (Phi) is 9.04. The molecule has 5 heteroatoms. The molecular formula is C21H44N4O. The zero-order valence-electron chi connectivity index (χ0n) is 18.4. The lowest BCUT2D eigenvalue weighted by Crippen LogP contribution is -2.49.